The number of Topliss-reactive ketones (excluding diaryl/α,β-unsaturated/α-hetero) is 1. The molecule has 0 N–H and O–H groups in total. The number of aryl methyl sites for hydroxylation is 1. The van der Waals surface area contributed by atoms with E-state index < -0.39 is 0 Å². The van der Waals surface area contributed by atoms with Gasteiger partial charge in [0.25, 0.3) is 11.1 Å². The zero-order valence-electron chi connectivity index (χ0n) is 14.2. The fourth-order valence-electron chi connectivity index (χ4n) is 3.03. The highest BCUT2D eigenvalue weighted by atomic mass is 32.2. The summed E-state index contributed by atoms with van der Waals surface area (Å²) < 4.78 is 18.6. The third-order valence-corrected chi connectivity index (χ3v) is 6.48. The predicted octanol–water partition coefficient (Wildman–Crippen LogP) is 5.04. The Morgan fingerprint density at radius 2 is 2.15 bits per heavy atom. The highest BCUT2D eigenvalue weighted by molar-refractivity contribution is 7.99. The predicted molar refractivity (Wildman–Crippen MR) is 100 cm³/mol. The summed E-state index contributed by atoms with van der Waals surface area (Å²) in [5, 5.41) is 8.53. The first kappa shape index (κ1) is 17.4. The summed E-state index contributed by atoms with van der Waals surface area (Å²) in [5.74, 6) is 0.940. The molecule has 2 aromatic heterocycles. The van der Waals surface area contributed by atoms with Gasteiger partial charge in [0.2, 0.25) is 0 Å². The Balaban J connectivity index is 1.42. The number of carbonyl (C=O) groups is 1. The number of halogens is 1. The second-order valence-electron chi connectivity index (χ2n) is 6.50. The summed E-state index contributed by atoms with van der Waals surface area (Å²) in [5.41, 5.74) is 1.86. The Kier molecular flexibility index (Phi) is 4.91. The summed E-state index contributed by atoms with van der Waals surface area (Å²) in [7, 11) is 0. The van der Waals surface area contributed by atoms with E-state index in [0.29, 0.717) is 16.7 Å². The lowest BCUT2D eigenvalue weighted by atomic mass is 9.90. The largest absolute Gasteiger partial charge is 0.410 e. The maximum absolute atomic E-state index is 12.9. The number of thiophene rings is 1. The molecular formula is C19H17FN2O2S2. The normalized spacial score (nSPS) is 16.5. The first-order valence-electron chi connectivity index (χ1n) is 8.45. The van der Waals surface area contributed by atoms with Crippen LogP contribution in [0.3, 0.4) is 0 Å². The van der Waals surface area contributed by atoms with Gasteiger partial charge in [-0.3, -0.25) is 4.79 Å². The summed E-state index contributed by atoms with van der Waals surface area (Å²) >= 11 is 2.92. The van der Waals surface area contributed by atoms with Gasteiger partial charge in [-0.15, -0.1) is 21.5 Å². The summed E-state index contributed by atoms with van der Waals surface area (Å²) in [6.45, 7) is 2.28. The summed E-state index contributed by atoms with van der Waals surface area (Å²) in [6, 6.07) is 7.68. The van der Waals surface area contributed by atoms with Crippen molar-refractivity contribution in [2.24, 2.45) is 5.92 Å². The van der Waals surface area contributed by atoms with Gasteiger partial charge in [0, 0.05) is 10.4 Å². The van der Waals surface area contributed by atoms with Crippen LogP contribution < -0.4 is 0 Å². The number of carbonyl (C=O) groups excluding carboxylic acids is 1. The maximum Gasteiger partial charge on any atom is 0.277 e. The van der Waals surface area contributed by atoms with Crippen LogP contribution in [0.2, 0.25) is 0 Å². The molecule has 1 atom stereocenters. The first-order valence-corrected chi connectivity index (χ1v) is 10.3. The lowest BCUT2D eigenvalue weighted by molar-refractivity contribution is 0.102. The van der Waals surface area contributed by atoms with E-state index in [1.807, 2.05) is 0 Å². The molecule has 0 saturated heterocycles. The standard InChI is InChI=1S/C19H17FN2O2S2/c1-11-2-7-16-13(8-11)9-17(26-16)18-21-22-19(24-18)25-10-15(23)12-3-5-14(20)6-4-12/h3-6,9,11H,2,7-8,10H2,1H3/t11-/m1/s1. The highest BCUT2D eigenvalue weighted by Gasteiger charge is 2.21. The molecule has 3 aromatic rings. The van der Waals surface area contributed by atoms with E-state index >= 15 is 0 Å². The molecule has 4 nitrogen and oxygen atoms in total. The van der Waals surface area contributed by atoms with E-state index in [4.69, 9.17) is 4.42 Å². The molecule has 7 heteroatoms. The summed E-state index contributed by atoms with van der Waals surface area (Å²) in [6.07, 6.45) is 3.44. The molecule has 1 aromatic carbocycles. The van der Waals surface area contributed by atoms with E-state index in [-0.39, 0.29) is 17.4 Å². The monoisotopic (exact) mass is 388 g/mol. The number of hydrogen-bond donors (Lipinski definition) is 0. The first-order chi connectivity index (χ1) is 12.6. The maximum atomic E-state index is 12.9. The average Bonchev–Trinajstić information content (AvgIpc) is 3.26. The zero-order valence-corrected chi connectivity index (χ0v) is 15.8. The van der Waals surface area contributed by atoms with Gasteiger partial charge in [0.15, 0.2) is 5.78 Å². The molecule has 1 aliphatic rings. The second kappa shape index (κ2) is 7.32. The molecule has 2 heterocycles. The number of rotatable bonds is 5. The van der Waals surface area contributed by atoms with Gasteiger partial charge >= 0.3 is 0 Å². The van der Waals surface area contributed by atoms with Crippen molar-refractivity contribution in [1.29, 1.82) is 0 Å². The minimum atomic E-state index is -0.358. The minimum Gasteiger partial charge on any atom is -0.410 e. The van der Waals surface area contributed by atoms with Crippen molar-refractivity contribution in [3.8, 4) is 10.8 Å². The lowest BCUT2D eigenvalue weighted by Crippen LogP contribution is -2.07. The minimum absolute atomic E-state index is 0.102. The number of hydrogen-bond acceptors (Lipinski definition) is 6. The van der Waals surface area contributed by atoms with Crippen LogP contribution in [-0.2, 0) is 12.8 Å². The molecule has 0 bridgehead atoms. The molecule has 26 heavy (non-hydrogen) atoms. The van der Waals surface area contributed by atoms with Crippen LogP contribution in [0.25, 0.3) is 10.8 Å². The van der Waals surface area contributed by atoms with Crippen molar-refractivity contribution in [2.45, 2.75) is 31.4 Å². The van der Waals surface area contributed by atoms with Crippen molar-refractivity contribution >= 4 is 28.9 Å². The van der Waals surface area contributed by atoms with Crippen LogP contribution in [0.1, 0.15) is 34.1 Å². The number of fused-ring (bicyclic) bond motifs is 1. The van der Waals surface area contributed by atoms with Crippen molar-refractivity contribution < 1.29 is 13.6 Å². The molecule has 1 aliphatic carbocycles. The topological polar surface area (TPSA) is 56.0 Å². The van der Waals surface area contributed by atoms with E-state index in [1.54, 1.807) is 11.3 Å². The molecule has 0 unspecified atom stereocenters. The van der Waals surface area contributed by atoms with Crippen molar-refractivity contribution in [2.75, 3.05) is 5.75 Å². The lowest BCUT2D eigenvalue weighted by Gasteiger charge is -2.16. The molecule has 134 valence electrons. The molecule has 0 fully saturated rings. The number of ketones is 1. The van der Waals surface area contributed by atoms with Crippen LogP contribution in [0.15, 0.2) is 40.0 Å². The van der Waals surface area contributed by atoms with Crippen molar-refractivity contribution in [1.82, 2.24) is 10.2 Å². The fourth-order valence-corrected chi connectivity index (χ4v) is 4.81. The van der Waals surface area contributed by atoms with Crippen LogP contribution in [0.4, 0.5) is 4.39 Å². The SMILES string of the molecule is C[C@@H]1CCc2sc(-c3nnc(SCC(=O)c4ccc(F)cc4)o3)cc2C1. The van der Waals surface area contributed by atoms with Gasteiger partial charge in [-0.2, -0.15) is 0 Å². The van der Waals surface area contributed by atoms with Gasteiger partial charge in [-0.25, -0.2) is 4.39 Å². The van der Waals surface area contributed by atoms with Gasteiger partial charge < -0.3 is 4.42 Å². The van der Waals surface area contributed by atoms with E-state index in [9.17, 15) is 9.18 Å². The van der Waals surface area contributed by atoms with Gasteiger partial charge in [-0.1, -0.05) is 18.7 Å². The second-order valence-corrected chi connectivity index (χ2v) is 8.56. The van der Waals surface area contributed by atoms with Crippen LogP contribution in [0.5, 0.6) is 0 Å². The average molecular weight is 388 g/mol. The van der Waals surface area contributed by atoms with Gasteiger partial charge in [0.1, 0.15) is 5.82 Å². The quantitative estimate of drug-likeness (QED) is 0.453. The number of benzene rings is 1. The van der Waals surface area contributed by atoms with E-state index in [1.165, 1.54) is 52.9 Å². The van der Waals surface area contributed by atoms with Crippen molar-refractivity contribution in [3.63, 3.8) is 0 Å². The molecule has 0 amide bonds. The fraction of sp³-hybridized carbons (Fsp3) is 0.316. The third kappa shape index (κ3) is 3.73. The smallest absolute Gasteiger partial charge is 0.277 e. The Morgan fingerprint density at radius 3 is 2.96 bits per heavy atom. The molecule has 4 rings (SSSR count). The Labute approximate surface area is 158 Å². The van der Waals surface area contributed by atoms with E-state index in [0.717, 1.165) is 23.6 Å². The molecule has 0 aliphatic heterocycles. The number of thioether (sulfide) groups is 1. The van der Waals surface area contributed by atoms with Crippen LogP contribution in [0, 0.1) is 11.7 Å². The zero-order chi connectivity index (χ0) is 18.1. The van der Waals surface area contributed by atoms with Gasteiger partial charge in [-0.05, 0) is 61.1 Å². The molecular weight excluding hydrogens is 371 g/mol. The van der Waals surface area contributed by atoms with Crippen LogP contribution >= 0.6 is 23.1 Å². The van der Waals surface area contributed by atoms with Crippen LogP contribution in [-0.4, -0.2) is 21.7 Å². The number of aromatic nitrogens is 2. The Bertz CT molecular complexity index is 933. The van der Waals surface area contributed by atoms with Gasteiger partial charge in [0.05, 0.1) is 10.6 Å². The van der Waals surface area contributed by atoms with E-state index in [2.05, 4.69) is 23.2 Å². The van der Waals surface area contributed by atoms with Crippen molar-refractivity contribution in [3.05, 3.63) is 52.2 Å². The third-order valence-electron chi connectivity index (χ3n) is 4.44. The highest BCUT2D eigenvalue weighted by Crippen LogP contribution is 2.37. The molecule has 0 saturated carbocycles. The molecule has 0 spiro atoms. The Hall–Kier alpha value is -1.99. The number of nitrogens with zero attached hydrogens (tertiary/aromatic N) is 2. The summed E-state index contributed by atoms with van der Waals surface area (Å²) in [4.78, 5) is 14.5. The molecule has 0 radical (unpaired) electrons. The Morgan fingerprint density at radius 1 is 1.35 bits per heavy atom.